The molecule has 1 heterocycles. The molecule has 0 radical (unpaired) electrons. The Kier molecular flexibility index (Phi) is 7.41. The zero-order valence-corrected chi connectivity index (χ0v) is 18.0. The Morgan fingerprint density at radius 2 is 2.00 bits per heavy atom. The van der Waals surface area contributed by atoms with Gasteiger partial charge in [0.2, 0.25) is 11.0 Å². The number of nitrogens with zero attached hydrogens (tertiary/aromatic N) is 4. The first-order chi connectivity index (χ1) is 15.4. The van der Waals surface area contributed by atoms with Crippen molar-refractivity contribution >= 4 is 51.8 Å². The topological polar surface area (TPSA) is 149 Å². The van der Waals surface area contributed by atoms with E-state index in [0.29, 0.717) is 10.8 Å². The van der Waals surface area contributed by atoms with Crippen LogP contribution in [0.5, 0.6) is 5.75 Å². The van der Waals surface area contributed by atoms with Crippen LogP contribution in [0.4, 0.5) is 10.8 Å². The molecule has 3 aromatic rings. The molecular weight excluding hydrogens is 460 g/mol. The van der Waals surface area contributed by atoms with E-state index < -0.39 is 16.7 Å². The van der Waals surface area contributed by atoms with Gasteiger partial charge >= 0.3 is 0 Å². The average molecular weight is 475 g/mol. The predicted octanol–water partition coefficient (Wildman–Crippen LogP) is 3.05. The third-order valence-electron chi connectivity index (χ3n) is 3.92. The smallest absolute Gasteiger partial charge is 0.287 e. The Labute approximate surface area is 190 Å². The number of methoxy groups -OCH3 is 1. The van der Waals surface area contributed by atoms with Gasteiger partial charge in [0.05, 0.1) is 24.7 Å². The van der Waals surface area contributed by atoms with E-state index in [1.54, 1.807) is 31.4 Å². The lowest BCUT2D eigenvalue weighted by Crippen LogP contribution is -2.19. The number of ether oxygens (including phenoxy) is 1. The maximum Gasteiger partial charge on any atom is 0.287 e. The van der Waals surface area contributed by atoms with E-state index in [-0.39, 0.29) is 27.8 Å². The summed E-state index contributed by atoms with van der Waals surface area (Å²) in [5.41, 5.74) is 2.97. The van der Waals surface area contributed by atoms with Crippen molar-refractivity contribution in [1.29, 1.82) is 0 Å². The third-order valence-corrected chi connectivity index (χ3v) is 5.07. The molecule has 0 saturated carbocycles. The van der Waals surface area contributed by atoms with Crippen LogP contribution in [0.2, 0.25) is 5.02 Å². The molecular formula is C19H15ClN6O5S. The molecule has 3 rings (SSSR count). The lowest BCUT2D eigenvalue weighted by atomic mass is 10.2. The first kappa shape index (κ1) is 22.8. The summed E-state index contributed by atoms with van der Waals surface area (Å²) >= 11 is 6.83. The van der Waals surface area contributed by atoms with Gasteiger partial charge in [-0.3, -0.25) is 25.0 Å². The second-order valence-electron chi connectivity index (χ2n) is 6.12. The van der Waals surface area contributed by atoms with E-state index in [2.05, 4.69) is 26.0 Å². The lowest BCUT2D eigenvalue weighted by molar-refractivity contribution is -0.384. The fourth-order valence-corrected chi connectivity index (χ4v) is 3.37. The Morgan fingerprint density at radius 1 is 1.25 bits per heavy atom. The number of aromatic nitrogens is 2. The fourth-order valence-electron chi connectivity index (χ4n) is 2.39. The highest BCUT2D eigenvalue weighted by molar-refractivity contribution is 7.15. The van der Waals surface area contributed by atoms with Gasteiger partial charge in [-0.25, -0.2) is 5.43 Å². The Bertz CT molecular complexity index is 1180. The summed E-state index contributed by atoms with van der Waals surface area (Å²) in [6, 6.07) is 10.7. The summed E-state index contributed by atoms with van der Waals surface area (Å²) in [6.07, 6.45) is 1.40. The Balaban J connectivity index is 1.53. The molecule has 0 spiro atoms. The number of carbonyl (C=O) groups is 2. The molecule has 0 atom stereocenters. The van der Waals surface area contributed by atoms with Gasteiger partial charge in [-0.05, 0) is 42.0 Å². The van der Waals surface area contributed by atoms with Gasteiger partial charge in [0.15, 0.2) is 0 Å². The van der Waals surface area contributed by atoms with Crippen molar-refractivity contribution in [1.82, 2.24) is 15.6 Å². The molecule has 32 heavy (non-hydrogen) atoms. The van der Waals surface area contributed by atoms with Gasteiger partial charge in [0.25, 0.3) is 11.6 Å². The van der Waals surface area contributed by atoms with E-state index >= 15 is 0 Å². The summed E-state index contributed by atoms with van der Waals surface area (Å²) in [6.45, 7) is 0. The molecule has 0 saturated heterocycles. The molecule has 164 valence electrons. The minimum Gasteiger partial charge on any atom is -0.497 e. The maximum absolute atomic E-state index is 12.3. The minimum atomic E-state index is -0.646. The largest absolute Gasteiger partial charge is 0.497 e. The van der Waals surface area contributed by atoms with Crippen LogP contribution in [0, 0.1) is 10.1 Å². The monoisotopic (exact) mass is 474 g/mol. The van der Waals surface area contributed by atoms with Crippen molar-refractivity contribution in [2.45, 2.75) is 6.42 Å². The van der Waals surface area contributed by atoms with Crippen LogP contribution < -0.4 is 15.5 Å². The van der Waals surface area contributed by atoms with Crippen molar-refractivity contribution in [3.63, 3.8) is 0 Å². The number of hydrogen-bond acceptors (Lipinski definition) is 9. The first-order valence-corrected chi connectivity index (χ1v) is 10.1. The summed E-state index contributed by atoms with van der Waals surface area (Å²) in [5, 5.41) is 25.2. The second kappa shape index (κ2) is 10.4. The van der Waals surface area contributed by atoms with Crippen LogP contribution in [-0.2, 0) is 11.2 Å². The molecule has 0 unspecified atom stereocenters. The number of rotatable bonds is 8. The van der Waals surface area contributed by atoms with Crippen molar-refractivity contribution in [3.8, 4) is 5.75 Å². The lowest BCUT2D eigenvalue weighted by Gasteiger charge is -2.02. The number of hydrazone groups is 1. The van der Waals surface area contributed by atoms with Gasteiger partial charge < -0.3 is 4.74 Å². The Hall–Kier alpha value is -3.90. The summed E-state index contributed by atoms with van der Waals surface area (Å²) in [4.78, 5) is 34.5. The molecule has 13 heteroatoms. The summed E-state index contributed by atoms with van der Waals surface area (Å²) in [5.74, 6) is -0.272. The highest BCUT2D eigenvalue weighted by Crippen LogP contribution is 2.25. The summed E-state index contributed by atoms with van der Waals surface area (Å²) < 4.78 is 5.07. The van der Waals surface area contributed by atoms with Crippen molar-refractivity contribution in [2.75, 3.05) is 12.4 Å². The van der Waals surface area contributed by atoms with Crippen LogP contribution in [-0.4, -0.2) is 40.3 Å². The number of benzene rings is 2. The standard InChI is InChI=1S/C19H15ClN6O5S/c1-31-13-5-2-11(3-6-13)10-21-23-16(27)9-17-24-25-19(32-17)22-18(28)12-4-7-15(26(29)30)14(20)8-12/h2-8,10H,9H2,1H3,(H,23,27)(H,22,25,28)/b21-10-. The molecule has 0 bridgehead atoms. The molecule has 2 aromatic carbocycles. The van der Waals surface area contributed by atoms with E-state index in [4.69, 9.17) is 16.3 Å². The van der Waals surface area contributed by atoms with Gasteiger partial charge in [0, 0.05) is 11.6 Å². The SMILES string of the molecule is COc1ccc(/C=N\NC(=O)Cc2nnc(NC(=O)c3ccc([N+](=O)[O-])c(Cl)c3)s2)cc1. The van der Waals surface area contributed by atoms with Crippen LogP contribution in [0.25, 0.3) is 0 Å². The number of hydrogen-bond donors (Lipinski definition) is 2. The van der Waals surface area contributed by atoms with Crippen molar-refractivity contribution < 1.29 is 19.2 Å². The highest BCUT2D eigenvalue weighted by Gasteiger charge is 2.17. The first-order valence-electron chi connectivity index (χ1n) is 8.89. The Morgan fingerprint density at radius 3 is 2.66 bits per heavy atom. The van der Waals surface area contributed by atoms with E-state index in [1.165, 1.54) is 18.3 Å². The molecule has 0 aliphatic carbocycles. The highest BCUT2D eigenvalue weighted by atomic mass is 35.5. The van der Waals surface area contributed by atoms with Gasteiger partial charge in [-0.2, -0.15) is 5.10 Å². The van der Waals surface area contributed by atoms with Crippen LogP contribution in [0.1, 0.15) is 20.9 Å². The molecule has 1 aromatic heterocycles. The zero-order valence-electron chi connectivity index (χ0n) is 16.4. The minimum absolute atomic E-state index is 0.0865. The molecule has 2 amide bonds. The fraction of sp³-hybridized carbons (Fsp3) is 0.105. The van der Waals surface area contributed by atoms with E-state index in [1.807, 2.05) is 0 Å². The van der Waals surface area contributed by atoms with Gasteiger partial charge in [0.1, 0.15) is 15.8 Å². The number of nitro benzene ring substituents is 1. The van der Waals surface area contributed by atoms with Gasteiger partial charge in [-0.1, -0.05) is 22.9 Å². The average Bonchev–Trinajstić information content (AvgIpc) is 3.20. The van der Waals surface area contributed by atoms with Crippen LogP contribution >= 0.6 is 22.9 Å². The third kappa shape index (κ3) is 6.06. The van der Waals surface area contributed by atoms with E-state index in [9.17, 15) is 19.7 Å². The number of nitrogens with one attached hydrogen (secondary N) is 2. The number of carbonyl (C=O) groups excluding carboxylic acids is 2. The van der Waals surface area contributed by atoms with Gasteiger partial charge in [-0.15, -0.1) is 10.2 Å². The number of amides is 2. The van der Waals surface area contributed by atoms with Crippen LogP contribution in [0.15, 0.2) is 47.6 Å². The predicted molar refractivity (Wildman–Crippen MR) is 118 cm³/mol. The zero-order chi connectivity index (χ0) is 23.1. The number of anilines is 1. The van der Waals surface area contributed by atoms with Crippen molar-refractivity contribution in [2.24, 2.45) is 5.10 Å². The van der Waals surface area contributed by atoms with Crippen LogP contribution in [0.3, 0.4) is 0 Å². The molecule has 11 nitrogen and oxygen atoms in total. The number of nitro groups is 1. The quantitative estimate of drug-likeness (QED) is 0.289. The maximum atomic E-state index is 12.3. The molecule has 0 fully saturated rings. The second-order valence-corrected chi connectivity index (χ2v) is 7.59. The molecule has 2 N–H and O–H groups in total. The number of halogens is 1. The molecule has 0 aliphatic heterocycles. The van der Waals surface area contributed by atoms with E-state index in [0.717, 1.165) is 23.0 Å². The normalized spacial score (nSPS) is 10.7. The molecule has 0 aliphatic rings. The van der Waals surface area contributed by atoms with Crippen molar-refractivity contribution in [3.05, 3.63) is 73.7 Å². The summed E-state index contributed by atoms with van der Waals surface area (Å²) in [7, 11) is 1.57.